The highest BCUT2D eigenvalue weighted by Crippen LogP contribution is 2.20. The van der Waals surface area contributed by atoms with E-state index in [0.717, 1.165) is 17.0 Å². The van der Waals surface area contributed by atoms with Crippen LogP contribution in [0.5, 0.6) is 5.75 Å². The molecular formula is C23H29N3O3. The van der Waals surface area contributed by atoms with Gasteiger partial charge in [0, 0.05) is 44.0 Å². The van der Waals surface area contributed by atoms with E-state index in [-0.39, 0.29) is 11.8 Å². The SMILES string of the molecule is CCN(C(=O)CN1CCN(C(=O)c2ccc(C)c(OC)c2)CC1)c1ccccc1. The van der Waals surface area contributed by atoms with Gasteiger partial charge in [-0.2, -0.15) is 0 Å². The molecule has 1 heterocycles. The number of hydrogen-bond acceptors (Lipinski definition) is 4. The summed E-state index contributed by atoms with van der Waals surface area (Å²) in [6, 6.07) is 15.3. The van der Waals surface area contributed by atoms with Gasteiger partial charge >= 0.3 is 0 Å². The number of nitrogens with zero attached hydrogens (tertiary/aromatic N) is 3. The highest BCUT2D eigenvalue weighted by atomic mass is 16.5. The van der Waals surface area contributed by atoms with Crippen LogP contribution in [0.15, 0.2) is 48.5 Å². The molecule has 0 aliphatic carbocycles. The Morgan fingerprint density at radius 1 is 1.03 bits per heavy atom. The zero-order chi connectivity index (χ0) is 20.8. The molecule has 0 bridgehead atoms. The Kier molecular flexibility index (Phi) is 6.88. The average molecular weight is 396 g/mol. The Morgan fingerprint density at radius 3 is 2.34 bits per heavy atom. The minimum atomic E-state index is 0.00810. The van der Waals surface area contributed by atoms with Crippen LogP contribution >= 0.6 is 0 Å². The molecule has 6 nitrogen and oxygen atoms in total. The average Bonchev–Trinajstić information content (AvgIpc) is 2.75. The molecule has 2 aromatic rings. The molecule has 0 saturated carbocycles. The van der Waals surface area contributed by atoms with Crippen molar-refractivity contribution in [2.75, 3.05) is 51.3 Å². The number of carbonyl (C=O) groups is 2. The third-order valence-corrected chi connectivity index (χ3v) is 5.36. The van der Waals surface area contributed by atoms with Gasteiger partial charge in [-0.3, -0.25) is 14.5 Å². The molecule has 2 aromatic carbocycles. The number of rotatable bonds is 6. The van der Waals surface area contributed by atoms with Gasteiger partial charge in [-0.1, -0.05) is 24.3 Å². The molecule has 6 heteroatoms. The summed E-state index contributed by atoms with van der Waals surface area (Å²) in [6.45, 7) is 7.54. The van der Waals surface area contributed by atoms with Crippen LogP contribution in [-0.2, 0) is 4.79 Å². The van der Waals surface area contributed by atoms with Crippen molar-refractivity contribution in [3.8, 4) is 5.75 Å². The Morgan fingerprint density at radius 2 is 1.72 bits per heavy atom. The first-order valence-electron chi connectivity index (χ1n) is 10.0. The number of ether oxygens (including phenoxy) is 1. The van der Waals surface area contributed by atoms with Crippen LogP contribution in [0, 0.1) is 6.92 Å². The van der Waals surface area contributed by atoms with Crippen molar-refractivity contribution in [1.82, 2.24) is 9.80 Å². The number of aryl methyl sites for hydroxylation is 1. The molecule has 1 aliphatic rings. The van der Waals surface area contributed by atoms with Gasteiger partial charge in [-0.25, -0.2) is 0 Å². The smallest absolute Gasteiger partial charge is 0.254 e. The molecule has 2 amide bonds. The summed E-state index contributed by atoms with van der Waals surface area (Å²) in [7, 11) is 1.61. The molecule has 0 radical (unpaired) electrons. The van der Waals surface area contributed by atoms with E-state index in [9.17, 15) is 9.59 Å². The number of amides is 2. The number of piperazine rings is 1. The van der Waals surface area contributed by atoms with Crippen molar-refractivity contribution in [1.29, 1.82) is 0 Å². The van der Waals surface area contributed by atoms with E-state index in [2.05, 4.69) is 4.90 Å². The summed E-state index contributed by atoms with van der Waals surface area (Å²) in [6.07, 6.45) is 0. The summed E-state index contributed by atoms with van der Waals surface area (Å²) >= 11 is 0. The number of hydrogen-bond donors (Lipinski definition) is 0. The van der Waals surface area contributed by atoms with E-state index >= 15 is 0 Å². The summed E-state index contributed by atoms with van der Waals surface area (Å²) in [5.41, 5.74) is 2.56. The predicted molar refractivity (Wildman–Crippen MR) is 115 cm³/mol. The first-order chi connectivity index (χ1) is 14.0. The van der Waals surface area contributed by atoms with Crippen molar-refractivity contribution in [3.63, 3.8) is 0 Å². The highest BCUT2D eigenvalue weighted by molar-refractivity contribution is 5.95. The summed E-state index contributed by atoms with van der Waals surface area (Å²) in [5.74, 6) is 0.816. The van der Waals surface area contributed by atoms with Crippen molar-refractivity contribution >= 4 is 17.5 Å². The Balaban J connectivity index is 1.56. The Hall–Kier alpha value is -2.86. The maximum Gasteiger partial charge on any atom is 0.254 e. The van der Waals surface area contributed by atoms with Crippen LogP contribution in [0.2, 0.25) is 0 Å². The van der Waals surface area contributed by atoms with E-state index < -0.39 is 0 Å². The third-order valence-electron chi connectivity index (χ3n) is 5.36. The molecule has 0 spiro atoms. The highest BCUT2D eigenvalue weighted by Gasteiger charge is 2.25. The normalized spacial score (nSPS) is 14.5. The monoisotopic (exact) mass is 395 g/mol. The molecule has 1 aliphatic heterocycles. The summed E-state index contributed by atoms with van der Waals surface area (Å²) in [5, 5.41) is 0. The fraction of sp³-hybridized carbons (Fsp3) is 0.391. The first-order valence-corrected chi connectivity index (χ1v) is 10.0. The molecule has 0 unspecified atom stereocenters. The molecule has 1 saturated heterocycles. The van der Waals surface area contributed by atoms with Crippen LogP contribution in [0.3, 0.4) is 0 Å². The quantitative estimate of drug-likeness (QED) is 0.755. The lowest BCUT2D eigenvalue weighted by Gasteiger charge is -2.35. The van der Waals surface area contributed by atoms with E-state index in [1.807, 2.05) is 61.2 Å². The largest absolute Gasteiger partial charge is 0.496 e. The van der Waals surface area contributed by atoms with Crippen LogP contribution in [0.4, 0.5) is 5.69 Å². The van der Waals surface area contributed by atoms with E-state index in [0.29, 0.717) is 44.8 Å². The second-order valence-corrected chi connectivity index (χ2v) is 7.23. The third kappa shape index (κ3) is 4.95. The van der Waals surface area contributed by atoms with Gasteiger partial charge in [-0.15, -0.1) is 0 Å². The van der Waals surface area contributed by atoms with E-state index in [1.54, 1.807) is 18.1 Å². The molecular weight excluding hydrogens is 366 g/mol. The first kappa shape index (κ1) is 20.9. The van der Waals surface area contributed by atoms with Gasteiger partial charge in [-0.05, 0) is 43.7 Å². The van der Waals surface area contributed by atoms with Crippen molar-refractivity contribution in [2.45, 2.75) is 13.8 Å². The summed E-state index contributed by atoms with van der Waals surface area (Å²) < 4.78 is 5.33. The maximum atomic E-state index is 12.8. The lowest BCUT2D eigenvalue weighted by molar-refractivity contribution is -0.120. The molecule has 1 fully saturated rings. The molecule has 29 heavy (non-hydrogen) atoms. The van der Waals surface area contributed by atoms with Crippen LogP contribution in [0.1, 0.15) is 22.8 Å². The topological polar surface area (TPSA) is 53.1 Å². The lowest BCUT2D eigenvalue weighted by atomic mass is 10.1. The number of carbonyl (C=O) groups excluding carboxylic acids is 2. The number of anilines is 1. The predicted octanol–water partition coefficient (Wildman–Crippen LogP) is 2.81. The van der Waals surface area contributed by atoms with Gasteiger partial charge in [0.05, 0.1) is 13.7 Å². The van der Waals surface area contributed by atoms with E-state index in [4.69, 9.17) is 4.74 Å². The number of benzene rings is 2. The zero-order valence-electron chi connectivity index (χ0n) is 17.4. The van der Waals surface area contributed by atoms with Gasteiger partial charge in [0.25, 0.3) is 5.91 Å². The lowest BCUT2D eigenvalue weighted by Crippen LogP contribution is -2.51. The minimum Gasteiger partial charge on any atom is -0.496 e. The number of likely N-dealkylation sites (N-methyl/N-ethyl adjacent to an activating group) is 1. The minimum absolute atomic E-state index is 0.00810. The van der Waals surface area contributed by atoms with Crippen LogP contribution in [-0.4, -0.2) is 68.0 Å². The van der Waals surface area contributed by atoms with Crippen LogP contribution < -0.4 is 9.64 Å². The molecule has 0 aromatic heterocycles. The number of methoxy groups -OCH3 is 1. The van der Waals surface area contributed by atoms with Gasteiger partial charge < -0.3 is 14.5 Å². The van der Waals surface area contributed by atoms with Gasteiger partial charge in [0.15, 0.2) is 0 Å². The number of para-hydroxylation sites is 1. The van der Waals surface area contributed by atoms with Crippen LogP contribution in [0.25, 0.3) is 0 Å². The molecule has 3 rings (SSSR count). The van der Waals surface area contributed by atoms with E-state index in [1.165, 1.54) is 0 Å². The fourth-order valence-electron chi connectivity index (χ4n) is 3.63. The summed E-state index contributed by atoms with van der Waals surface area (Å²) in [4.78, 5) is 31.4. The van der Waals surface area contributed by atoms with Gasteiger partial charge in [0.1, 0.15) is 5.75 Å². The fourth-order valence-corrected chi connectivity index (χ4v) is 3.63. The maximum absolute atomic E-state index is 12.8. The molecule has 0 N–H and O–H groups in total. The zero-order valence-corrected chi connectivity index (χ0v) is 17.4. The second-order valence-electron chi connectivity index (χ2n) is 7.23. The standard InChI is InChI=1S/C23H29N3O3/c1-4-26(20-8-6-5-7-9-20)22(27)17-24-12-14-25(15-13-24)23(28)19-11-10-18(2)21(16-19)29-3/h5-11,16H,4,12-15,17H2,1-3H3. The molecule has 154 valence electrons. The Bertz CT molecular complexity index is 846. The Labute approximate surface area is 172 Å². The molecule has 0 atom stereocenters. The van der Waals surface area contributed by atoms with Crippen molar-refractivity contribution in [3.05, 3.63) is 59.7 Å². The second kappa shape index (κ2) is 9.56. The van der Waals surface area contributed by atoms with Crippen molar-refractivity contribution in [2.24, 2.45) is 0 Å². The van der Waals surface area contributed by atoms with Gasteiger partial charge in [0.2, 0.25) is 5.91 Å². The van der Waals surface area contributed by atoms with Crippen molar-refractivity contribution < 1.29 is 14.3 Å².